The van der Waals surface area contributed by atoms with Crippen molar-refractivity contribution in [3.8, 4) is 0 Å². The Kier molecular flexibility index (Phi) is 6.38. The smallest absolute Gasteiger partial charge is 0.338 e. The maximum Gasteiger partial charge on any atom is 0.338 e. The molecule has 0 saturated heterocycles. The number of aryl methyl sites for hydroxylation is 1. The summed E-state index contributed by atoms with van der Waals surface area (Å²) in [6.45, 7) is 1.81. The van der Waals surface area contributed by atoms with Gasteiger partial charge < -0.3 is 15.8 Å². The van der Waals surface area contributed by atoms with E-state index >= 15 is 0 Å². The second-order valence-electron chi connectivity index (χ2n) is 5.69. The van der Waals surface area contributed by atoms with Crippen LogP contribution in [0.5, 0.6) is 0 Å². The van der Waals surface area contributed by atoms with Gasteiger partial charge in [-0.05, 0) is 43.5 Å². The molecule has 0 heterocycles. The number of benzene rings is 1. The zero-order chi connectivity index (χ0) is 15.5. The molecule has 5 nitrogen and oxygen atoms in total. The van der Waals surface area contributed by atoms with Crippen LogP contribution in [0, 0.1) is 6.92 Å². The summed E-state index contributed by atoms with van der Waals surface area (Å²) in [4.78, 5) is 23.9. The monoisotopic (exact) mass is 326 g/mol. The zero-order valence-electron chi connectivity index (χ0n) is 13.0. The number of nitrogens with two attached hydrogens (primary N) is 1. The van der Waals surface area contributed by atoms with Gasteiger partial charge in [-0.2, -0.15) is 0 Å². The Labute approximate surface area is 137 Å². The van der Waals surface area contributed by atoms with Crippen LogP contribution in [0.25, 0.3) is 0 Å². The average molecular weight is 327 g/mol. The SMILES string of the molecule is COC(=O)c1ccc(NC(=O)C2(N)CCCCC2)cc1C.Cl. The summed E-state index contributed by atoms with van der Waals surface area (Å²) in [6, 6.07) is 5.11. The number of hydrogen-bond donors (Lipinski definition) is 2. The molecule has 0 aromatic heterocycles. The molecule has 1 fully saturated rings. The van der Waals surface area contributed by atoms with Gasteiger partial charge in [0.05, 0.1) is 18.2 Å². The molecule has 0 radical (unpaired) electrons. The van der Waals surface area contributed by atoms with Crippen molar-refractivity contribution in [2.45, 2.75) is 44.6 Å². The molecule has 0 unspecified atom stereocenters. The molecule has 1 aliphatic rings. The summed E-state index contributed by atoms with van der Waals surface area (Å²) in [5.74, 6) is -0.527. The first-order chi connectivity index (χ1) is 9.96. The van der Waals surface area contributed by atoms with Crippen molar-refractivity contribution in [1.29, 1.82) is 0 Å². The Balaban J connectivity index is 0.00000242. The highest BCUT2D eigenvalue weighted by molar-refractivity contribution is 5.99. The first-order valence-electron chi connectivity index (χ1n) is 7.25. The van der Waals surface area contributed by atoms with Gasteiger partial charge in [0.15, 0.2) is 0 Å². The number of rotatable bonds is 3. The quantitative estimate of drug-likeness (QED) is 0.837. The molecule has 0 aliphatic heterocycles. The molecule has 22 heavy (non-hydrogen) atoms. The van der Waals surface area contributed by atoms with Crippen molar-refractivity contribution >= 4 is 30.0 Å². The van der Waals surface area contributed by atoms with Gasteiger partial charge in [0.2, 0.25) is 5.91 Å². The molecule has 2 rings (SSSR count). The van der Waals surface area contributed by atoms with Gasteiger partial charge in [0.1, 0.15) is 0 Å². The fourth-order valence-corrected chi connectivity index (χ4v) is 2.75. The number of ether oxygens (including phenoxy) is 1. The van der Waals surface area contributed by atoms with E-state index in [1.54, 1.807) is 25.1 Å². The Morgan fingerprint density at radius 1 is 1.23 bits per heavy atom. The van der Waals surface area contributed by atoms with E-state index in [-0.39, 0.29) is 24.3 Å². The van der Waals surface area contributed by atoms with Crippen molar-refractivity contribution in [2.75, 3.05) is 12.4 Å². The highest BCUT2D eigenvalue weighted by atomic mass is 35.5. The molecule has 1 saturated carbocycles. The Hall–Kier alpha value is -1.59. The lowest BCUT2D eigenvalue weighted by Gasteiger charge is -2.31. The van der Waals surface area contributed by atoms with Gasteiger partial charge in [-0.3, -0.25) is 4.79 Å². The van der Waals surface area contributed by atoms with Crippen LogP contribution in [0.3, 0.4) is 0 Å². The largest absolute Gasteiger partial charge is 0.465 e. The number of hydrogen-bond acceptors (Lipinski definition) is 4. The Morgan fingerprint density at radius 2 is 1.86 bits per heavy atom. The maximum atomic E-state index is 12.3. The second kappa shape index (κ2) is 7.61. The molecular weight excluding hydrogens is 304 g/mol. The van der Waals surface area contributed by atoms with Crippen LogP contribution in [-0.2, 0) is 9.53 Å². The number of carbonyl (C=O) groups excluding carboxylic acids is 2. The highest BCUT2D eigenvalue weighted by Crippen LogP contribution is 2.27. The number of carbonyl (C=O) groups is 2. The number of methoxy groups -OCH3 is 1. The fourth-order valence-electron chi connectivity index (χ4n) is 2.75. The topological polar surface area (TPSA) is 81.4 Å². The van der Waals surface area contributed by atoms with Crippen LogP contribution < -0.4 is 11.1 Å². The summed E-state index contributed by atoms with van der Waals surface area (Å²) in [5.41, 5.74) is 7.34. The molecule has 0 atom stereocenters. The first-order valence-corrected chi connectivity index (χ1v) is 7.25. The molecule has 3 N–H and O–H groups in total. The van der Waals surface area contributed by atoms with E-state index in [9.17, 15) is 9.59 Å². The predicted molar refractivity (Wildman–Crippen MR) is 88.4 cm³/mol. The molecule has 1 aromatic rings. The number of nitrogens with one attached hydrogen (secondary N) is 1. The average Bonchev–Trinajstić information content (AvgIpc) is 2.47. The summed E-state index contributed by atoms with van der Waals surface area (Å²) in [6.07, 6.45) is 4.56. The minimum Gasteiger partial charge on any atom is -0.465 e. The standard InChI is InChI=1S/C16H22N2O3.ClH/c1-11-10-12(6-7-13(11)14(19)21-2)18-15(20)16(17)8-4-3-5-9-16;/h6-7,10H,3-5,8-9,17H2,1-2H3,(H,18,20);1H. The fraction of sp³-hybridized carbons (Fsp3) is 0.500. The molecule has 0 spiro atoms. The van der Waals surface area contributed by atoms with Crippen LogP contribution in [0.2, 0.25) is 0 Å². The van der Waals surface area contributed by atoms with Crippen molar-refractivity contribution in [2.24, 2.45) is 5.73 Å². The first kappa shape index (κ1) is 18.5. The number of halogens is 1. The summed E-state index contributed by atoms with van der Waals surface area (Å²) >= 11 is 0. The van der Waals surface area contributed by atoms with E-state index in [0.717, 1.165) is 37.7 Å². The van der Waals surface area contributed by atoms with E-state index in [1.807, 2.05) is 0 Å². The van der Waals surface area contributed by atoms with Crippen molar-refractivity contribution in [3.05, 3.63) is 29.3 Å². The van der Waals surface area contributed by atoms with Gasteiger partial charge in [-0.1, -0.05) is 19.3 Å². The zero-order valence-corrected chi connectivity index (χ0v) is 13.8. The van der Waals surface area contributed by atoms with Crippen LogP contribution in [-0.4, -0.2) is 24.5 Å². The van der Waals surface area contributed by atoms with E-state index < -0.39 is 5.54 Å². The third-order valence-electron chi connectivity index (χ3n) is 4.09. The lowest BCUT2D eigenvalue weighted by molar-refractivity contribution is -0.122. The normalized spacial score (nSPS) is 16.3. The van der Waals surface area contributed by atoms with Gasteiger partial charge in [0, 0.05) is 5.69 Å². The lowest BCUT2D eigenvalue weighted by atomic mass is 9.82. The minimum absolute atomic E-state index is 0. The molecule has 1 amide bonds. The van der Waals surface area contributed by atoms with Crippen LogP contribution in [0.1, 0.15) is 48.0 Å². The third-order valence-corrected chi connectivity index (χ3v) is 4.09. The minimum atomic E-state index is -0.771. The maximum absolute atomic E-state index is 12.3. The lowest BCUT2D eigenvalue weighted by Crippen LogP contribution is -2.52. The molecule has 6 heteroatoms. The van der Waals surface area contributed by atoms with Gasteiger partial charge in [0.25, 0.3) is 0 Å². The Morgan fingerprint density at radius 3 is 2.41 bits per heavy atom. The van der Waals surface area contributed by atoms with Crippen molar-refractivity contribution in [3.63, 3.8) is 0 Å². The van der Waals surface area contributed by atoms with Crippen LogP contribution >= 0.6 is 12.4 Å². The summed E-state index contributed by atoms with van der Waals surface area (Å²) in [5, 5.41) is 2.86. The molecule has 1 aromatic carbocycles. The Bertz CT molecular complexity index is 554. The summed E-state index contributed by atoms with van der Waals surface area (Å²) in [7, 11) is 1.35. The van der Waals surface area contributed by atoms with E-state index in [4.69, 9.17) is 10.5 Å². The molecular formula is C16H23ClN2O3. The molecule has 122 valence electrons. The van der Waals surface area contributed by atoms with Crippen LogP contribution in [0.4, 0.5) is 5.69 Å². The number of amides is 1. The number of anilines is 1. The third kappa shape index (κ3) is 3.99. The predicted octanol–water partition coefficient (Wildman–Crippen LogP) is 2.80. The highest BCUT2D eigenvalue weighted by Gasteiger charge is 2.35. The van der Waals surface area contributed by atoms with E-state index in [1.165, 1.54) is 7.11 Å². The van der Waals surface area contributed by atoms with E-state index in [0.29, 0.717) is 11.3 Å². The van der Waals surface area contributed by atoms with Crippen molar-refractivity contribution in [1.82, 2.24) is 0 Å². The molecule has 0 bridgehead atoms. The van der Waals surface area contributed by atoms with Gasteiger partial charge >= 0.3 is 5.97 Å². The number of esters is 1. The van der Waals surface area contributed by atoms with E-state index in [2.05, 4.69) is 5.32 Å². The molecule has 1 aliphatic carbocycles. The van der Waals surface area contributed by atoms with Gasteiger partial charge in [-0.15, -0.1) is 12.4 Å². The summed E-state index contributed by atoms with van der Waals surface area (Å²) < 4.78 is 4.70. The second-order valence-corrected chi connectivity index (χ2v) is 5.69. The van der Waals surface area contributed by atoms with Crippen molar-refractivity contribution < 1.29 is 14.3 Å². The van der Waals surface area contributed by atoms with Gasteiger partial charge in [-0.25, -0.2) is 4.79 Å². The van der Waals surface area contributed by atoms with Crippen LogP contribution in [0.15, 0.2) is 18.2 Å².